The number of rotatable bonds is 4. The van der Waals surface area contributed by atoms with E-state index in [4.69, 9.17) is 9.26 Å². The van der Waals surface area contributed by atoms with Crippen LogP contribution in [-0.4, -0.2) is 30.3 Å². The Hall–Kier alpha value is -0.940. The molecule has 0 spiro atoms. The van der Waals surface area contributed by atoms with Gasteiger partial charge in [-0.25, -0.2) is 0 Å². The zero-order valence-corrected chi connectivity index (χ0v) is 9.03. The van der Waals surface area contributed by atoms with E-state index in [0.29, 0.717) is 18.4 Å². The molecule has 1 aliphatic rings. The molecule has 0 aromatic carbocycles. The third kappa shape index (κ3) is 3.00. The van der Waals surface area contributed by atoms with Crippen molar-refractivity contribution in [2.45, 2.75) is 25.9 Å². The van der Waals surface area contributed by atoms with Crippen molar-refractivity contribution in [2.24, 2.45) is 5.92 Å². The van der Waals surface area contributed by atoms with Crippen LogP contribution in [-0.2, 0) is 17.8 Å². The van der Waals surface area contributed by atoms with Gasteiger partial charge in [0.25, 0.3) is 5.89 Å². The average molecular weight is 211 g/mol. The van der Waals surface area contributed by atoms with Crippen molar-refractivity contribution in [3.8, 4) is 0 Å². The highest BCUT2D eigenvalue weighted by Gasteiger charge is 2.16. The Morgan fingerprint density at radius 3 is 3.27 bits per heavy atom. The zero-order chi connectivity index (χ0) is 10.5. The van der Waals surface area contributed by atoms with Gasteiger partial charge < -0.3 is 14.6 Å². The molecule has 0 radical (unpaired) electrons. The minimum Gasteiger partial charge on any atom is -0.375 e. The third-order valence-electron chi connectivity index (χ3n) is 2.65. The lowest BCUT2D eigenvalue weighted by Gasteiger charge is -2.20. The first-order chi connectivity index (χ1) is 7.38. The number of aromatic nitrogens is 2. The van der Waals surface area contributed by atoms with Crippen LogP contribution < -0.4 is 5.32 Å². The van der Waals surface area contributed by atoms with Crippen LogP contribution in [0.25, 0.3) is 0 Å². The molecule has 0 bridgehead atoms. The number of nitrogens with one attached hydrogen (secondary N) is 1. The van der Waals surface area contributed by atoms with E-state index >= 15 is 0 Å². The molecule has 0 amide bonds. The predicted octanol–water partition coefficient (Wildman–Crippen LogP) is 0.758. The topological polar surface area (TPSA) is 60.2 Å². The second kappa shape index (κ2) is 5.23. The van der Waals surface area contributed by atoms with Gasteiger partial charge >= 0.3 is 0 Å². The van der Waals surface area contributed by atoms with Gasteiger partial charge in [-0.2, -0.15) is 4.98 Å². The van der Waals surface area contributed by atoms with Crippen LogP contribution >= 0.6 is 0 Å². The predicted molar refractivity (Wildman–Crippen MR) is 54.3 cm³/mol. The Kier molecular flexibility index (Phi) is 3.69. The molecule has 1 aromatic heterocycles. The van der Waals surface area contributed by atoms with Crippen LogP contribution in [0.5, 0.6) is 0 Å². The standard InChI is InChI=1S/C10H17N3O2/c1-14-7-10-12-9(13-15-10)5-8-3-2-4-11-6-8/h8,11H,2-7H2,1H3. The fourth-order valence-electron chi connectivity index (χ4n) is 1.91. The average Bonchev–Trinajstić information content (AvgIpc) is 2.68. The molecule has 1 atom stereocenters. The summed E-state index contributed by atoms with van der Waals surface area (Å²) in [6, 6.07) is 0. The van der Waals surface area contributed by atoms with Gasteiger partial charge in [0.05, 0.1) is 0 Å². The number of piperidine rings is 1. The van der Waals surface area contributed by atoms with E-state index in [-0.39, 0.29) is 0 Å². The number of hydrogen-bond donors (Lipinski definition) is 1. The maximum absolute atomic E-state index is 5.04. The summed E-state index contributed by atoms with van der Waals surface area (Å²) in [5.74, 6) is 2.01. The summed E-state index contributed by atoms with van der Waals surface area (Å²) in [6.45, 7) is 2.60. The van der Waals surface area contributed by atoms with Gasteiger partial charge in [-0.1, -0.05) is 5.16 Å². The zero-order valence-electron chi connectivity index (χ0n) is 9.03. The van der Waals surface area contributed by atoms with E-state index in [0.717, 1.165) is 25.3 Å². The molecule has 1 saturated heterocycles. The molecule has 5 nitrogen and oxygen atoms in total. The van der Waals surface area contributed by atoms with E-state index in [9.17, 15) is 0 Å². The summed E-state index contributed by atoms with van der Waals surface area (Å²) in [4.78, 5) is 4.26. The SMILES string of the molecule is COCc1nc(CC2CCCNC2)no1. The molecule has 0 saturated carbocycles. The summed E-state index contributed by atoms with van der Waals surface area (Å²) < 4.78 is 9.96. The van der Waals surface area contributed by atoms with Crippen molar-refractivity contribution in [3.05, 3.63) is 11.7 Å². The summed E-state index contributed by atoms with van der Waals surface area (Å²) in [7, 11) is 1.62. The Balaban J connectivity index is 1.86. The van der Waals surface area contributed by atoms with Crippen molar-refractivity contribution in [1.82, 2.24) is 15.5 Å². The molecule has 84 valence electrons. The Labute approximate surface area is 89.2 Å². The van der Waals surface area contributed by atoms with Crippen molar-refractivity contribution in [2.75, 3.05) is 20.2 Å². The molecule has 2 rings (SSSR count). The summed E-state index contributed by atoms with van der Waals surface area (Å²) >= 11 is 0. The van der Waals surface area contributed by atoms with E-state index in [1.165, 1.54) is 12.8 Å². The van der Waals surface area contributed by atoms with Crippen LogP contribution in [0, 0.1) is 5.92 Å². The first-order valence-corrected chi connectivity index (χ1v) is 5.39. The lowest BCUT2D eigenvalue weighted by molar-refractivity contribution is 0.151. The van der Waals surface area contributed by atoms with E-state index in [1.807, 2.05) is 0 Å². The lowest BCUT2D eigenvalue weighted by Crippen LogP contribution is -2.31. The smallest absolute Gasteiger partial charge is 0.252 e. The van der Waals surface area contributed by atoms with Crippen LogP contribution in [0.4, 0.5) is 0 Å². The minimum atomic E-state index is 0.399. The van der Waals surface area contributed by atoms with E-state index in [1.54, 1.807) is 7.11 Å². The molecule has 1 aliphatic heterocycles. The van der Waals surface area contributed by atoms with Gasteiger partial charge in [0.1, 0.15) is 6.61 Å². The number of ether oxygens (including phenoxy) is 1. The van der Waals surface area contributed by atoms with E-state index < -0.39 is 0 Å². The summed E-state index contributed by atoms with van der Waals surface area (Å²) in [5.41, 5.74) is 0. The number of methoxy groups -OCH3 is 1. The largest absolute Gasteiger partial charge is 0.375 e. The summed E-state index contributed by atoms with van der Waals surface area (Å²) in [5, 5.41) is 7.31. The molecule has 1 unspecified atom stereocenters. The van der Waals surface area contributed by atoms with Crippen LogP contribution in [0.15, 0.2) is 4.52 Å². The van der Waals surface area contributed by atoms with Crippen molar-refractivity contribution in [3.63, 3.8) is 0 Å². The van der Waals surface area contributed by atoms with Crippen LogP contribution in [0.3, 0.4) is 0 Å². The van der Waals surface area contributed by atoms with Gasteiger partial charge in [0, 0.05) is 13.5 Å². The highest BCUT2D eigenvalue weighted by Crippen LogP contribution is 2.14. The third-order valence-corrected chi connectivity index (χ3v) is 2.65. The molecule has 15 heavy (non-hydrogen) atoms. The monoisotopic (exact) mass is 211 g/mol. The van der Waals surface area contributed by atoms with Crippen molar-refractivity contribution < 1.29 is 9.26 Å². The van der Waals surface area contributed by atoms with Gasteiger partial charge in [0.15, 0.2) is 5.82 Å². The van der Waals surface area contributed by atoms with Gasteiger partial charge in [0.2, 0.25) is 0 Å². The Bertz CT molecular complexity index is 295. The lowest BCUT2D eigenvalue weighted by atomic mass is 9.96. The molecule has 5 heteroatoms. The molecular weight excluding hydrogens is 194 g/mol. The minimum absolute atomic E-state index is 0.399. The fraction of sp³-hybridized carbons (Fsp3) is 0.800. The maximum atomic E-state index is 5.04. The quantitative estimate of drug-likeness (QED) is 0.796. The number of hydrogen-bond acceptors (Lipinski definition) is 5. The van der Waals surface area contributed by atoms with Crippen molar-refractivity contribution in [1.29, 1.82) is 0 Å². The molecule has 0 aliphatic carbocycles. The normalized spacial score (nSPS) is 21.8. The van der Waals surface area contributed by atoms with Crippen LogP contribution in [0.2, 0.25) is 0 Å². The second-order valence-electron chi connectivity index (χ2n) is 3.95. The van der Waals surface area contributed by atoms with Gasteiger partial charge in [-0.05, 0) is 31.8 Å². The van der Waals surface area contributed by atoms with Gasteiger partial charge in [-0.3, -0.25) is 0 Å². The highest BCUT2D eigenvalue weighted by atomic mass is 16.5. The first-order valence-electron chi connectivity index (χ1n) is 5.39. The fourth-order valence-corrected chi connectivity index (χ4v) is 1.91. The molecular formula is C10H17N3O2. The maximum Gasteiger partial charge on any atom is 0.252 e. The number of nitrogens with zero attached hydrogens (tertiary/aromatic N) is 2. The highest BCUT2D eigenvalue weighted by molar-refractivity contribution is 4.88. The van der Waals surface area contributed by atoms with Crippen LogP contribution in [0.1, 0.15) is 24.6 Å². The molecule has 1 N–H and O–H groups in total. The van der Waals surface area contributed by atoms with Crippen molar-refractivity contribution >= 4 is 0 Å². The van der Waals surface area contributed by atoms with Gasteiger partial charge in [-0.15, -0.1) is 0 Å². The molecule has 1 fully saturated rings. The van der Waals surface area contributed by atoms with E-state index in [2.05, 4.69) is 15.5 Å². The molecule has 2 heterocycles. The Morgan fingerprint density at radius 2 is 2.53 bits per heavy atom. The first kappa shape index (κ1) is 10.6. The summed E-state index contributed by atoms with van der Waals surface area (Å²) in [6.07, 6.45) is 3.40. The molecule has 1 aromatic rings. The second-order valence-corrected chi connectivity index (χ2v) is 3.95. The Morgan fingerprint density at radius 1 is 1.60 bits per heavy atom.